The van der Waals surface area contributed by atoms with Gasteiger partial charge in [0.25, 0.3) is 11.8 Å². The molecule has 2 heterocycles. The molecular weight excluding hydrogens is 419 g/mol. The average Bonchev–Trinajstić information content (AvgIpc) is 3.06. The lowest BCUT2D eigenvalue weighted by Gasteiger charge is -2.36. The molecule has 1 saturated heterocycles. The average molecular weight is 443 g/mol. The molecular formula is C23H24ClFN4O2. The number of halogens is 2. The van der Waals surface area contributed by atoms with E-state index in [0.717, 1.165) is 49.7 Å². The molecule has 162 valence electrons. The number of rotatable bonds is 7. The van der Waals surface area contributed by atoms with Crippen LogP contribution in [0.25, 0.3) is 0 Å². The van der Waals surface area contributed by atoms with Gasteiger partial charge in [-0.25, -0.2) is 9.29 Å². The Hall–Kier alpha value is -2.90. The van der Waals surface area contributed by atoms with E-state index in [2.05, 4.69) is 15.1 Å². The van der Waals surface area contributed by atoms with Gasteiger partial charge in [-0.05, 0) is 61.5 Å². The van der Waals surface area contributed by atoms with Gasteiger partial charge in [-0.3, -0.25) is 14.5 Å². The number of amides is 2. The standard InChI is InChI=1S/C23H24ClFN4O2/c24-17-2-6-20(7-3-17)29-22(30)16-21(23(29)31)26-10-1-11-27-12-14-28(15-13-27)19-8-4-18(25)5-9-19/h2-9,16,26H,1,10-15H2. The van der Waals surface area contributed by atoms with E-state index in [4.69, 9.17) is 11.6 Å². The first-order valence-electron chi connectivity index (χ1n) is 10.3. The first-order chi connectivity index (χ1) is 15.0. The molecule has 0 aliphatic carbocycles. The van der Waals surface area contributed by atoms with E-state index in [1.54, 1.807) is 24.3 Å². The Labute approximate surface area is 185 Å². The molecule has 2 aliphatic heterocycles. The summed E-state index contributed by atoms with van der Waals surface area (Å²) in [4.78, 5) is 30.6. The molecule has 2 aromatic carbocycles. The molecule has 2 aromatic rings. The molecule has 4 rings (SSSR count). The first kappa shape index (κ1) is 21.3. The van der Waals surface area contributed by atoms with Gasteiger partial charge in [0.2, 0.25) is 0 Å². The summed E-state index contributed by atoms with van der Waals surface area (Å²) in [5, 5.41) is 3.65. The fourth-order valence-corrected chi connectivity index (χ4v) is 3.96. The Morgan fingerprint density at radius 3 is 2.23 bits per heavy atom. The first-order valence-corrected chi connectivity index (χ1v) is 10.7. The molecule has 6 nitrogen and oxygen atoms in total. The van der Waals surface area contributed by atoms with Crippen molar-refractivity contribution in [3.05, 3.63) is 71.1 Å². The predicted molar refractivity (Wildman–Crippen MR) is 120 cm³/mol. The minimum atomic E-state index is -0.355. The molecule has 0 unspecified atom stereocenters. The molecule has 0 spiro atoms. The Morgan fingerprint density at radius 1 is 0.903 bits per heavy atom. The monoisotopic (exact) mass is 442 g/mol. The number of carbonyl (C=O) groups excluding carboxylic acids is 2. The molecule has 2 amide bonds. The zero-order valence-electron chi connectivity index (χ0n) is 17.1. The van der Waals surface area contributed by atoms with Crippen LogP contribution in [0.3, 0.4) is 0 Å². The predicted octanol–water partition coefficient (Wildman–Crippen LogP) is 3.04. The molecule has 1 N–H and O–H groups in total. The summed E-state index contributed by atoms with van der Waals surface area (Å²) in [6.07, 6.45) is 2.20. The van der Waals surface area contributed by atoms with E-state index < -0.39 is 0 Å². The van der Waals surface area contributed by atoms with Crippen LogP contribution in [0, 0.1) is 5.82 Å². The summed E-state index contributed by atoms with van der Waals surface area (Å²) in [6.45, 7) is 5.17. The van der Waals surface area contributed by atoms with Gasteiger partial charge in [0.15, 0.2) is 0 Å². The Morgan fingerprint density at radius 2 is 1.55 bits per heavy atom. The van der Waals surface area contributed by atoms with E-state index in [1.807, 2.05) is 12.1 Å². The van der Waals surface area contributed by atoms with Crippen LogP contribution in [0.1, 0.15) is 6.42 Å². The van der Waals surface area contributed by atoms with Gasteiger partial charge < -0.3 is 10.2 Å². The van der Waals surface area contributed by atoms with E-state index in [1.165, 1.54) is 18.2 Å². The van der Waals surface area contributed by atoms with Gasteiger partial charge in [0, 0.05) is 49.5 Å². The molecule has 0 bridgehead atoms. The number of imide groups is 1. The molecule has 31 heavy (non-hydrogen) atoms. The second-order valence-corrected chi connectivity index (χ2v) is 8.04. The summed E-state index contributed by atoms with van der Waals surface area (Å²) in [6, 6.07) is 13.2. The highest BCUT2D eigenvalue weighted by molar-refractivity contribution is 6.32. The van der Waals surface area contributed by atoms with Crippen molar-refractivity contribution in [3.8, 4) is 0 Å². The zero-order chi connectivity index (χ0) is 21.8. The highest BCUT2D eigenvalue weighted by Gasteiger charge is 2.32. The second kappa shape index (κ2) is 9.49. The van der Waals surface area contributed by atoms with Crippen LogP contribution >= 0.6 is 11.6 Å². The van der Waals surface area contributed by atoms with Gasteiger partial charge in [0.05, 0.1) is 5.69 Å². The Bertz CT molecular complexity index is 970. The topological polar surface area (TPSA) is 55.9 Å². The van der Waals surface area contributed by atoms with Gasteiger partial charge >= 0.3 is 0 Å². The van der Waals surface area contributed by atoms with Crippen LogP contribution in [-0.2, 0) is 9.59 Å². The SMILES string of the molecule is O=C1C=C(NCCCN2CCN(c3ccc(F)cc3)CC2)C(=O)N1c1ccc(Cl)cc1. The molecule has 0 saturated carbocycles. The summed E-state index contributed by atoms with van der Waals surface area (Å²) in [5.74, 6) is -0.921. The van der Waals surface area contributed by atoms with Crippen molar-refractivity contribution < 1.29 is 14.0 Å². The van der Waals surface area contributed by atoms with Crippen LogP contribution in [0.2, 0.25) is 5.02 Å². The summed E-state index contributed by atoms with van der Waals surface area (Å²) in [7, 11) is 0. The van der Waals surface area contributed by atoms with Crippen molar-refractivity contribution in [2.45, 2.75) is 6.42 Å². The number of benzene rings is 2. The highest BCUT2D eigenvalue weighted by Crippen LogP contribution is 2.23. The molecule has 8 heteroatoms. The second-order valence-electron chi connectivity index (χ2n) is 7.60. The molecule has 0 atom stereocenters. The summed E-state index contributed by atoms with van der Waals surface area (Å²) < 4.78 is 13.1. The van der Waals surface area contributed by atoms with Crippen molar-refractivity contribution >= 4 is 34.8 Å². The molecule has 0 radical (unpaired) electrons. The minimum absolute atomic E-state index is 0.219. The zero-order valence-corrected chi connectivity index (χ0v) is 17.8. The number of hydrogen-bond acceptors (Lipinski definition) is 5. The van der Waals surface area contributed by atoms with Gasteiger partial charge in [0.1, 0.15) is 11.5 Å². The van der Waals surface area contributed by atoms with Crippen molar-refractivity contribution in [2.75, 3.05) is 49.1 Å². The molecule has 0 aromatic heterocycles. The van der Waals surface area contributed by atoms with Gasteiger partial charge in [-0.15, -0.1) is 0 Å². The number of nitrogens with zero attached hydrogens (tertiary/aromatic N) is 3. The number of nitrogens with one attached hydrogen (secondary N) is 1. The number of piperazine rings is 1. The van der Waals surface area contributed by atoms with E-state index in [0.29, 0.717) is 23.0 Å². The highest BCUT2D eigenvalue weighted by atomic mass is 35.5. The summed E-state index contributed by atoms with van der Waals surface area (Å²) >= 11 is 5.88. The number of carbonyl (C=O) groups is 2. The Balaban J connectivity index is 1.19. The van der Waals surface area contributed by atoms with Crippen LogP contribution in [0.5, 0.6) is 0 Å². The van der Waals surface area contributed by atoms with Crippen molar-refractivity contribution in [2.24, 2.45) is 0 Å². The van der Waals surface area contributed by atoms with Crippen LogP contribution < -0.4 is 15.1 Å². The fourth-order valence-electron chi connectivity index (χ4n) is 3.84. The van der Waals surface area contributed by atoms with E-state index in [-0.39, 0.29) is 17.6 Å². The van der Waals surface area contributed by atoms with Crippen LogP contribution in [0.4, 0.5) is 15.8 Å². The molecule has 1 fully saturated rings. The van der Waals surface area contributed by atoms with Crippen molar-refractivity contribution in [1.82, 2.24) is 10.2 Å². The third-order valence-corrected chi connectivity index (χ3v) is 5.79. The third-order valence-electron chi connectivity index (χ3n) is 5.54. The Kier molecular flexibility index (Phi) is 6.53. The van der Waals surface area contributed by atoms with Gasteiger partial charge in [-0.1, -0.05) is 11.6 Å². The third kappa shape index (κ3) is 5.06. The van der Waals surface area contributed by atoms with Crippen molar-refractivity contribution in [1.29, 1.82) is 0 Å². The number of hydrogen-bond donors (Lipinski definition) is 1. The van der Waals surface area contributed by atoms with E-state index >= 15 is 0 Å². The smallest absolute Gasteiger partial charge is 0.281 e. The van der Waals surface area contributed by atoms with E-state index in [9.17, 15) is 14.0 Å². The largest absolute Gasteiger partial charge is 0.380 e. The minimum Gasteiger partial charge on any atom is -0.380 e. The fraction of sp³-hybridized carbons (Fsp3) is 0.304. The maximum atomic E-state index is 13.1. The van der Waals surface area contributed by atoms with Crippen LogP contribution in [-0.4, -0.2) is 56.0 Å². The van der Waals surface area contributed by atoms with Crippen molar-refractivity contribution in [3.63, 3.8) is 0 Å². The number of anilines is 2. The maximum Gasteiger partial charge on any atom is 0.281 e. The summed E-state index contributed by atoms with van der Waals surface area (Å²) in [5.41, 5.74) is 1.87. The maximum absolute atomic E-state index is 13.1. The lowest BCUT2D eigenvalue weighted by atomic mass is 10.2. The molecule has 2 aliphatic rings. The quantitative estimate of drug-likeness (QED) is 0.527. The van der Waals surface area contributed by atoms with Gasteiger partial charge in [-0.2, -0.15) is 0 Å². The lowest BCUT2D eigenvalue weighted by molar-refractivity contribution is -0.120. The lowest BCUT2D eigenvalue weighted by Crippen LogP contribution is -2.47. The normalized spacial score (nSPS) is 17.3. The van der Waals surface area contributed by atoms with Crippen LogP contribution in [0.15, 0.2) is 60.3 Å².